The molecule has 3 unspecified atom stereocenters. The van der Waals surface area contributed by atoms with Gasteiger partial charge in [0, 0.05) is 12.0 Å². The zero-order chi connectivity index (χ0) is 28.5. The van der Waals surface area contributed by atoms with Gasteiger partial charge in [0.25, 0.3) is 8.32 Å². The summed E-state index contributed by atoms with van der Waals surface area (Å²) in [4.78, 5) is 13.7. The average Bonchev–Trinajstić information content (AvgIpc) is 3.09. The Kier molecular flexibility index (Phi) is 7.67. The molecule has 214 valence electrons. The van der Waals surface area contributed by atoms with Gasteiger partial charge in [-0.15, -0.1) is 0 Å². The van der Waals surface area contributed by atoms with Gasteiger partial charge in [0.1, 0.15) is 5.75 Å². The number of ketones is 1. The molecule has 4 rings (SSSR count). The molecule has 2 fully saturated rings. The predicted octanol–water partition coefficient (Wildman–Crippen LogP) is 9.36. The SMILES string of the molecule is CCOc1cc2c(cc1O[Si](C)(C)C(C)(C)C)C(=O)CC1C2CC[C@@]2(C)C1CC[C@@H]2O[Si](C)(C)C(C)(C)C. The van der Waals surface area contributed by atoms with Crippen molar-refractivity contribution in [2.45, 2.75) is 136 Å². The van der Waals surface area contributed by atoms with Crippen molar-refractivity contribution in [2.75, 3.05) is 6.61 Å². The van der Waals surface area contributed by atoms with Crippen LogP contribution in [0.1, 0.15) is 109 Å². The molecule has 0 spiro atoms. The summed E-state index contributed by atoms with van der Waals surface area (Å²) in [5, 5.41) is 0.277. The molecule has 0 N–H and O–H groups in total. The Morgan fingerprint density at radius 1 is 0.921 bits per heavy atom. The van der Waals surface area contributed by atoms with E-state index in [-0.39, 0.29) is 21.3 Å². The van der Waals surface area contributed by atoms with Crippen LogP contribution in [0.4, 0.5) is 0 Å². The molecule has 0 amide bonds. The maximum atomic E-state index is 13.7. The number of hydrogen-bond donors (Lipinski definition) is 0. The standard InChI is InChI=1S/C32H54O4Si2/c1-13-34-27-19-22-21-16-17-32(8)25(14-15-29(32)36-38(11,12)31(5,6)7)23(21)18-26(33)24(22)20-28(27)35-37(9,10)30(2,3)4/h19-21,23,25,29H,13-18H2,1-12H3/t21?,23?,25?,29-,32-/m0/s1. The number of hydrogen-bond acceptors (Lipinski definition) is 4. The highest BCUT2D eigenvalue weighted by molar-refractivity contribution is 6.75. The fourth-order valence-electron chi connectivity index (χ4n) is 6.86. The van der Waals surface area contributed by atoms with Crippen LogP contribution in [-0.4, -0.2) is 35.1 Å². The summed E-state index contributed by atoms with van der Waals surface area (Å²) in [6.07, 6.45) is 5.54. The van der Waals surface area contributed by atoms with Crippen molar-refractivity contribution in [3.8, 4) is 11.5 Å². The van der Waals surface area contributed by atoms with E-state index in [9.17, 15) is 4.79 Å². The van der Waals surface area contributed by atoms with Gasteiger partial charge in [0.15, 0.2) is 19.9 Å². The Morgan fingerprint density at radius 2 is 1.55 bits per heavy atom. The first-order chi connectivity index (χ1) is 17.3. The first kappa shape index (κ1) is 29.9. The van der Waals surface area contributed by atoms with Crippen LogP contribution in [0, 0.1) is 17.3 Å². The molecule has 0 radical (unpaired) electrons. The molecule has 0 aromatic heterocycles. The smallest absolute Gasteiger partial charge is 0.250 e. The van der Waals surface area contributed by atoms with Crippen molar-refractivity contribution in [1.82, 2.24) is 0 Å². The maximum absolute atomic E-state index is 13.7. The van der Waals surface area contributed by atoms with Gasteiger partial charge in [0.2, 0.25) is 0 Å². The lowest BCUT2D eigenvalue weighted by atomic mass is 9.55. The highest BCUT2D eigenvalue weighted by atomic mass is 28.4. The van der Waals surface area contributed by atoms with Crippen molar-refractivity contribution < 1.29 is 18.4 Å². The molecule has 38 heavy (non-hydrogen) atoms. The van der Waals surface area contributed by atoms with E-state index in [1.807, 2.05) is 13.0 Å². The van der Waals surface area contributed by atoms with Crippen LogP contribution in [0.25, 0.3) is 0 Å². The third-order valence-corrected chi connectivity index (χ3v) is 20.1. The largest absolute Gasteiger partial charge is 0.541 e. The van der Waals surface area contributed by atoms with E-state index < -0.39 is 16.6 Å². The summed E-state index contributed by atoms with van der Waals surface area (Å²) in [6.45, 7) is 28.1. The molecule has 5 atom stereocenters. The van der Waals surface area contributed by atoms with Gasteiger partial charge in [-0.25, -0.2) is 0 Å². The van der Waals surface area contributed by atoms with E-state index >= 15 is 0 Å². The van der Waals surface area contributed by atoms with Crippen LogP contribution in [-0.2, 0) is 4.43 Å². The first-order valence-corrected chi connectivity index (χ1v) is 20.8. The Labute approximate surface area is 234 Å². The molecule has 1 aromatic rings. The third kappa shape index (κ3) is 5.07. The molecule has 2 saturated carbocycles. The van der Waals surface area contributed by atoms with Gasteiger partial charge in [0.05, 0.1) is 12.7 Å². The highest BCUT2D eigenvalue weighted by Gasteiger charge is 2.58. The first-order valence-electron chi connectivity index (χ1n) is 15.0. The molecular formula is C32H54O4Si2. The summed E-state index contributed by atoms with van der Waals surface area (Å²) in [6, 6.07) is 4.21. The lowest BCUT2D eigenvalue weighted by molar-refractivity contribution is -0.0147. The number of ether oxygens (including phenoxy) is 1. The van der Waals surface area contributed by atoms with Crippen molar-refractivity contribution in [3.63, 3.8) is 0 Å². The number of fused-ring (bicyclic) bond motifs is 5. The molecule has 1 aromatic carbocycles. The monoisotopic (exact) mass is 558 g/mol. The van der Waals surface area contributed by atoms with Crippen molar-refractivity contribution in [2.24, 2.45) is 17.3 Å². The molecule has 6 heteroatoms. The van der Waals surface area contributed by atoms with Gasteiger partial charge < -0.3 is 13.6 Å². The minimum Gasteiger partial charge on any atom is -0.541 e. The maximum Gasteiger partial charge on any atom is 0.250 e. The summed E-state index contributed by atoms with van der Waals surface area (Å²) >= 11 is 0. The Bertz CT molecular complexity index is 1060. The lowest BCUT2D eigenvalue weighted by Gasteiger charge is -2.52. The number of carbonyl (C=O) groups excluding carboxylic acids is 1. The second-order valence-corrected chi connectivity index (χ2v) is 25.2. The van der Waals surface area contributed by atoms with Gasteiger partial charge in [-0.3, -0.25) is 4.79 Å². The molecule has 3 aliphatic rings. The molecule has 0 bridgehead atoms. The van der Waals surface area contributed by atoms with E-state index in [0.717, 1.165) is 36.3 Å². The highest BCUT2D eigenvalue weighted by Crippen LogP contribution is 2.63. The Hall–Kier alpha value is -1.12. The second kappa shape index (κ2) is 9.76. The average molecular weight is 559 g/mol. The number of Topliss-reactive ketones (excluding diaryl/α,β-unsaturated/α-hetero) is 1. The number of carbonyl (C=O) groups is 1. The van der Waals surface area contributed by atoms with E-state index in [2.05, 4.69) is 80.7 Å². The van der Waals surface area contributed by atoms with Crippen LogP contribution < -0.4 is 9.16 Å². The van der Waals surface area contributed by atoms with Gasteiger partial charge in [-0.1, -0.05) is 48.5 Å². The van der Waals surface area contributed by atoms with E-state index in [1.54, 1.807) is 0 Å². The van der Waals surface area contributed by atoms with Crippen molar-refractivity contribution >= 4 is 22.4 Å². The van der Waals surface area contributed by atoms with Gasteiger partial charge >= 0.3 is 0 Å². The molecule has 0 saturated heterocycles. The summed E-state index contributed by atoms with van der Waals surface area (Å²) in [5.41, 5.74) is 2.23. The minimum absolute atomic E-state index is 0.0703. The molecule has 3 aliphatic carbocycles. The predicted molar refractivity (Wildman–Crippen MR) is 163 cm³/mol. The van der Waals surface area contributed by atoms with E-state index in [4.69, 9.17) is 13.6 Å². The Balaban J connectivity index is 1.66. The van der Waals surface area contributed by atoms with Crippen LogP contribution in [0.2, 0.25) is 36.3 Å². The molecule has 4 nitrogen and oxygen atoms in total. The molecule has 0 heterocycles. The molecule has 0 aliphatic heterocycles. The van der Waals surface area contributed by atoms with Crippen LogP contribution in [0.5, 0.6) is 11.5 Å². The van der Waals surface area contributed by atoms with Crippen molar-refractivity contribution in [1.29, 1.82) is 0 Å². The third-order valence-electron chi connectivity index (χ3n) is 11.3. The summed E-state index contributed by atoms with van der Waals surface area (Å²) < 4.78 is 20.0. The zero-order valence-electron chi connectivity index (χ0n) is 26.3. The lowest BCUT2D eigenvalue weighted by Crippen LogP contribution is -2.51. The fourth-order valence-corrected chi connectivity index (χ4v) is 9.33. The normalized spacial score (nSPS) is 29.9. The minimum atomic E-state index is -2.08. The van der Waals surface area contributed by atoms with Crippen LogP contribution in [0.3, 0.4) is 0 Å². The summed E-state index contributed by atoms with van der Waals surface area (Å²) in [5.74, 6) is 3.18. The quantitative estimate of drug-likeness (QED) is 0.326. The van der Waals surface area contributed by atoms with Gasteiger partial charge in [-0.05, 0) is 110 Å². The van der Waals surface area contributed by atoms with E-state index in [0.29, 0.717) is 36.9 Å². The summed E-state index contributed by atoms with van der Waals surface area (Å²) in [7, 11) is -3.94. The van der Waals surface area contributed by atoms with E-state index in [1.165, 1.54) is 12.0 Å². The Morgan fingerprint density at radius 3 is 2.13 bits per heavy atom. The second-order valence-electron chi connectivity index (χ2n) is 15.7. The van der Waals surface area contributed by atoms with Gasteiger partial charge in [-0.2, -0.15) is 0 Å². The van der Waals surface area contributed by atoms with Crippen LogP contribution in [0.15, 0.2) is 12.1 Å². The number of rotatable bonds is 6. The number of benzene rings is 1. The van der Waals surface area contributed by atoms with Crippen LogP contribution >= 0.6 is 0 Å². The zero-order valence-corrected chi connectivity index (χ0v) is 28.3. The van der Waals surface area contributed by atoms with Crippen molar-refractivity contribution in [3.05, 3.63) is 23.3 Å². The fraction of sp³-hybridized carbons (Fsp3) is 0.781. The molecular weight excluding hydrogens is 505 g/mol. The topological polar surface area (TPSA) is 44.8 Å².